The molecule has 2 atom stereocenters. The zero-order valence-corrected chi connectivity index (χ0v) is 8.45. The molecule has 2 unspecified atom stereocenters. The number of nitrogens with zero attached hydrogens (tertiary/aromatic N) is 2. The van der Waals surface area contributed by atoms with Crippen molar-refractivity contribution < 1.29 is 5.11 Å². The molecular weight excluding hydrogens is 164 g/mol. The van der Waals surface area contributed by atoms with Crippen LogP contribution in [-0.4, -0.2) is 35.7 Å². The zero-order valence-electron chi connectivity index (χ0n) is 8.45. The van der Waals surface area contributed by atoms with Crippen LogP contribution in [0.1, 0.15) is 26.7 Å². The summed E-state index contributed by atoms with van der Waals surface area (Å²) in [6, 6.07) is 2.52. The van der Waals surface area contributed by atoms with Crippen molar-refractivity contribution in [2.75, 3.05) is 19.7 Å². The van der Waals surface area contributed by atoms with Gasteiger partial charge in [0.05, 0.1) is 12.5 Å². The normalized spacial score (nSPS) is 31.5. The van der Waals surface area contributed by atoms with Gasteiger partial charge in [-0.1, -0.05) is 6.92 Å². The van der Waals surface area contributed by atoms with Gasteiger partial charge < -0.3 is 5.11 Å². The van der Waals surface area contributed by atoms with Gasteiger partial charge in [0, 0.05) is 24.6 Å². The average molecular weight is 182 g/mol. The maximum atomic E-state index is 9.16. The molecule has 0 aliphatic carbocycles. The summed E-state index contributed by atoms with van der Waals surface area (Å²) in [5.41, 5.74) is 0.0592. The molecule has 1 fully saturated rings. The van der Waals surface area contributed by atoms with Gasteiger partial charge in [0.1, 0.15) is 0 Å². The first-order valence-corrected chi connectivity index (χ1v) is 4.83. The monoisotopic (exact) mass is 182 g/mol. The van der Waals surface area contributed by atoms with Gasteiger partial charge in [-0.15, -0.1) is 0 Å². The van der Waals surface area contributed by atoms with Gasteiger partial charge in [-0.25, -0.2) is 0 Å². The molecule has 0 aromatic carbocycles. The molecule has 0 aromatic heterocycles. The molecule has 0 amide bonds. The summed E-state index contributed by atoms with van der Waals surface area (Å²) >= 11 is 0. The summed E-state index contributed by atoms with van der Waals surface area (Å²) in [5.74, 6) is 0. The molecule has 1 aliphatic heterocycles. The van der Waals surface area contributed by atoms with Crippen LogP contribution < -0.4 is 0 Å². The third-order valence-corrected chi connectivity index (χ3v) is 2.98. The molecule has 3 heteroatoms. The Labute approximate surface area is 80.0 Å². The minimum absolute atomic E-state index is 0.0592. The smallest absolute Gasteiger partial charge is 0.0638 e. The molecule has 1 N–H and O–H groups in total. The van der Waals surface area contributed by atoms with Crippen LogP contribution in [0.15, 0.2) is 0 Å². The van der Waals surface area contributed by atoms with Gasteiger partial charge in [-0.05, 0) is 19.9 Å². The van der Waals surface area contributed by atoms with Gasteiger partial charge in [-0.2, -0.15) is 5.26 Å². The average Bonchev–Trinajstić information content (AvgIpc) is 2.50. The SMILES string of the molecule is CC(CC#N)N1CCC(C)(CO)C1. The third kappa shape index (κ3) is 2.43. The highest BCUT2D eigenvalue weighted by molar-refractivity contribution is 4.90. The van der Waals surface area contributed by atoms with Crippen molar-refractivity contribution in [3.05, 3.63) is 0 Å². The highest BCUT2D eigenvalue weighted by atomic mass is 16.3. The Balaban J connectivity index is 2.45. The van der Waals surface area contributed by atoms with Gasteiger partial charge in [0.2, 0.25) is 0 Å². The first-order chi connectivity index (χ1) is 6.11. The molecule has 1 heterocycles. The van der Waals surface area contributed by atoms with Crippen LogP contribution in [0.2, 0.25) is 0 Å². The van der Waals surface area contributed by atoms with Crippen molar-refractivity contribution in [2.24, 2.45) is 5.41 Å². The second-order valence-electron chi connectivity index (χ2n) is 4.40. The van der Waals surface area contributed by atoms with Crippen molar-refractivity contribution in [1.82, 2.24) is 4.90 Å². The van der Waals surface area contributed by atoms with E-state index in [1.54, 1.807) is 0 Å². The fourth-order valence-corrected chi connectivity index (χ4v) is 1.83. The Bertz CT molecular complexity index is 211. The lowest BCUT2D eigenvalue weighted by Crippen LogP contribution is -2.33. The number of nitriles is 1. The van der Waals surface area contributed by atoms with Crippen molar-refractivity contribution in [1.29, 1.82) is 5.26 Å². The van der Waals surface area contributed by atoms with E-state index in [0.29, 0.717) is 12.5 Å². The summed E-state index contributed by atoms with van der Waals surface area (Å²) in [4.78, 5) is 2.29. The van der Waals surface area contributed by atoms with Crippen molar-refractivity contribution >= 4 is 0 Å². The third-order valence-electron chi connectivity index (χ3n) is 2.98. The van der Waals surface area contributed by atoms with Crippen LogP contribution in [0.4, 0.5) is 0 Å². The van der Waals surface area contributed by atoms with Gasteiger partial charge in [0.15, 0.2) is 0 Å². The van der Waals surface area contributed by atoms with Gasteiger partial charge in [-0.3, -0.25) is 4.90 Å². The molecule has 13 heavy (non-hydrogen) atoms. The van der Waals surface area contributed by atoms with E-state index in [4.69, 9.17) is 10.4 Å². The molecule has 0 radical (unpaired) electrons. The van der Waals surface area contributed by atoms with Crippen LogP contribution >= 0.6 is 0 Å². The van der Waals surface area contributed by atoms with E-state index < -0.39 is 0 Å². The zero-order chi connectivity index (χ0) is 9.90. The number of hydrogen-bond acceptors (Lipinski definition) is 3. The number of aliphatic hydroxyl groups is 1. The quantitative estimate of drug-likeness (QED) is 0.708. The van der Waals surface area contributed by atoms with Crippen LogP contribution in [0.5, 0.6) is 0 Å². The van der Waals surface area contributed by atoms with E-state index in [1.807, 2.05) is 0 Å². The second-order valence-corrected chi connectivity index (χ2v) is 4.40. The topological polar surface area (TPSA) is 47.3 Å². The molecule has 1 saturated heterocycles. The molecule has 1 rings (SSSR count). The maximum absolute atomic E-state index is 9.16. The second kappa shape index (κ2) is 4.08. The first-order valence-electron chi connectivity index (χ1n) is 4.83. The van der Waals surface area contributed by atoms with Crippen LogP contribution in [-0.2, 0) is 0 Å². The van der Waals surface area contributed by atoms with Gasteiger partial charge in [0.25, 0.3) is 0 Å². The van der Waals surface area contributed by atoms with E-state index >= 15 is 0 Å². The summed E-state index contributed by atoms with van der Waals surface area (Å²) in [6.45, 7) is 6.37. The van der Waals surface area contributed by atoms with Crippen molar-refractivity contribution in [2.45, 2.75) is 32.7 Å². The predicted molar refractivity (Wildman–Crippen MR) is 51.1 cm³/mol. The molecule has 0 spiro atoms. The summed E-state index contributed by atoms with van der Waals surface area (Å²) in [6.07, 6.45) is 1.63. The molecule has 1 aliphatic rings. The van der Waals surface area contributed by atoms with E-state index in [0.717, 1.165) is 19.5 Å². The predicted octanol–water partition coefficient (Wildman–Crippen LogP) is 0.993. The number of aliphatic hydroxyl groups excluding tert-OH is 1. The van der Waals surface area contributed by atoms with Crippen LogP contribution in [0.3, 0.4) is 0 Å². The maximum Gasteiger partial charge on any atom is 0.0638 e. The Hall–Kier alpha value is -0.590. The Morgan fingerprint density at radius 2 is 2.38 bits per heavy atom. The molecule has 0 saturated carbocycles. The first kappa shape index (κ1) is 10.5. The summed E-state index contributed by atoms with van der Waals surface area (Å²) in [5, 5.41) is 17.7. The standard InChI is InChI=1S/C10H18N2O/c1-9(3-5-11)12-6-4-10(2,7-12)8-13/h9,13H,3-4,6-8H2,1-2H3. The van der Waals surface area contributed by atoms with Crippen molar-refractivity contribution in [3.8, 4) is 6.07 Å². The molecule has 0 aromatic rings. The van der Waals surface area contributed by atoms with Crippen molar-refractivity contribution in [3.63, 3.8) is 0 Å². The Morgan fingerprint density at radius 1 is 1.69 bits per heavy atom. The minimum atomic E-state index is 0.0592. The summed E-state index contributed by atoms with van der Waals surface area (Å²) < 4.78 is 0. The summed E-state index contributed by atoms with van der Waals surface area (Å²) in [7, 11) is 0. The van der Waals surface area contributed by atoms with E-state index in [1.165, 1.54) is 0 Å². The van der Waals surface area contributed by atoms with E-state index in [-0.39, 0.29) is 12.0 Å². The lowest BCUT2D eigenvalue weighted by Gasteiger charge is -2.25. The molecule has 74 valence electrons. The Morgan fingerprint density at radius 3 is 2.85 bits per heavy atom. The lowest BCUT2D eigenvalue weighted by atomic mass is 9.91. The van der Waals surface area contributed by atoms with E-state index in [9.17, 15) is 0 Å². The van der Waals surface area contributed by atoms with E-state index in [2.05, 4.69) is 24.8 Å². The molecule has 3 nitrogen and oxygen atoms in total. The molecular formula is C10H18N2O. The number of likely N-dealkylation sites (tertiary alicyclic amines) is 1. The van der Waals surface area contributed by atoms with Gasteiger partial charge >= 0.3 is 0 Å². The fraction of sp³-hybridized carbons (Fsp3) is 0.900. The molecule has 0 bridgehead atoms. The Kier molecular flexibility index (Phi) is 3.29. The van der Waals surface area contributed by atoms with Crippen LogP contribution in [0, 0.1) is 16.7 Å². The lowest BCUT2D eigenvalue weighted by molar-refractivity contribution is 0.136. The highest BCUT2D eigenvalue weighted by Gasteiger charge is 2.34. The fourth-order valence-electron chi connectivity index (χ4n) is 1.83. The number of rotatable bonds is 3. The van der Waals surface area contributed by atoms with Crippen LogP contribution in [0.25, 0.3) is 0 Å². The highest BCUT2D eigenvalue weighted by Crippen LogP contribution is 2.30. The largest absolute Gasteiger partial charge is 0.396 e. The number of hydrogen-bond donors (Lipinski definition) is 1. The minimum Gasteiger partial charge on any atom is -0.396 e.